The van der Waals surface area contributed by atoms with E-state index < -0.39 is 13.0 Å². The molecule has 0 atom stereocenters. The average molecular weight is 238 g/mol. The third-order valence-corrected chi connectivity index (χ3v) is 1.96. The van der Waals surface area contributed by atoms with Crippen LogP contribution in [0.25, 0.3) is 0 Å². The van der Waals surface area contributed by atoms with Gasteiger partial charge >= 0.3 is 0 Å². The minimum absolute atomic E-state index is 0.00881. The van der Waals surface area contributed by atoms with Crippen molar-refractivity contribution in [1.82, 2.24) is 5.32 Å². The number of alkyl halides is 2. The van der Waals surface area contributed by atoms with Crippen molar-refractivity contribution in [3.63, 3.8) is 0 Å². The van der Waals surface area contributed by atoms with Crippen LogP contribution in [0.5, 0.6) is 0 Å². The number of amides is 1. The molecular weight excluding hydrogens is 218 g/mol. The van der Waals surface area contributed by atoms with Crippen LogP contribution in [0.1, 0.15) is 26.7 Å². The van der Waals surface area contributed by atoms with Gasteiger partial charge < -0.3 is 15.8 Å². The molecular formula is C10H20F2N2O2. The summed E-state index contributed by atoms with van der Waals surface area (Å²) in [5.41, 5.74) is 5.02. The molecule has 0 radical (unpaired) electrons. The first-order chi connectivity index (χ1) is 7.37. The van der Waals surface area contributed by atoms with Crippen molar-refractivity contribution < 1.29 is 18.3 Å². The number of nitrogens with two attached hydrogens (primary N) is 1. The van der Waals surface area contributed by atoms with E-state index in [2.05, 4.69) is 10.1 Å². The van der Waals surface area contributed by atoms with Crippen molar-refractivity contribution in [2.45, 2.75) is 38.7 Å². The van der Waals surface area contributed by atoms with Gasteiger partial charge in [0.2, 0.25) is 5.91 Å². The van der Waals surface area contributed by atoms with Gasteiger partial charge in [0.25, 0.3) is 6.43 Å². The van der Waals surface area contributed by atoms with Gasteiger partial charge in [0.15, 0.2) is 0 Å². The Morgan fingerprint density at radius 2 is 2.12 bits per heavy atom. The molecule has 16 heavy (non-hydrogen) atoms. The molecule has 0 aromatic rings. The number of carbonyl (C=O) groups excluding carboxylic acids is 1. The lowest BCUT2D eigenvalue weighted by molar-refractivity contribution is -0.124. The van der Waals surface area contributed by atoms with Crippen molar-refractivity contribution in [2.24, 2.45) is 5.73 Å². The van der Waals surface area contributed by atoms with E-state index in [9.17, 15) is 13.6 Å². The van der Waals surface area contributed by atoms with Crippen molar-refractivity contribution in [1.29, 1.82) is 0 Å². The molecule has 0 aromatic heterocycles. The topological polar surface area (TPSA) is 64.3 Å². The molecule has 6 heteroatoms. The molecule has 96 valence electrons. The van der Waals surface area contributed by atoms with Gasteiger partial charge in [0.1, 0.15) is 6.61 Å². The maximum Gasteiger partial charge on any atom is 0.261 e. The Hall–Kier alpha value is -0.750. The van der Waals surface area contributed by atoms with Crippen LogP contribution in [0.3, 0.4) is 0 Å². The first-order valence-corrected chi connectivity index (χ1v) is 5.24. The summed E-state index contributed by atoms with van der Waals surface area (Å²) >= 11 is 0. The summed E-state index contributed by atoms with van der Waals surface area (Å²) in [5, 5.41) is 2.76. The summed E-state index contributed by atoms with van der Waals surface area (Å²) in [4.78, 5) is 11.4. The van der Waals surface area contributed by atoms with Crippen molar-refractivity contribution in [2.75, 3.05) is 19.8 Å². The number of halogens is 2. The van der Waals surface area contributed by atoms with Gasteiger partial charge in [-0.1, -0.05) is 0 Å². The highest BCUT2D eigenvalue weighted by molar-refractivity contribution is 5.76. The molecule has 0 bridgehead atoms. The lowest BCUT2D eigenvalue weighted by atomic mass is 10.0. The monoisotopic (exact) mass is 238 g/mol. The lowest BCUT2D eigenvalue weighted by Gasteiger charge is -2.25. The largest absolute Gasteiger partial charge is 0.375 e. The normalized spacial score (nSPS) is 11.9. The van der Waals surface area contributed by atoms with Crippen LogP contribution in [-0.4, -0.2) is 37.6 Å². The smallest absolute Gasteiger partial charge is 0.261 e. The second kappa shape index (κ2) is 7.51. The molecule has 0 saturated heterocycles. The fourth-order valence-electron chi connectivity index (χ4n) is 1.20. The second-order valence-electron chi connectivity index (χ2n) is 4.19. The van der Waals surface area contributed by atoms with Crippen molar-refractivity contribution >= 4 is 5.91 Å². The molecule has 0 unspecified atom stereocenters. The minimum Gasteiger partial charge on any atom is -0.375 e. The van der Waals surface area contributed by atoms with Gasteiger partial charge in [-0.25, -0.2) is 8.78 Å². The first-order valence-electron chi connectivity index (χ1n) is 5.24. The van der Waals surface area contributed by atoms with Gasteiger partial charge in [-0.3, -0.25) is 4.79 Å². The Morgan fingerprint density at radius 1 is 1.50 bits per heavy atom. The Kier molecular flexibility index (Phi) is 7.16. The maximum absolute atomic E-state index is 11.7. The predicted octanol–water partition coefficient (Wildman–Crippen LogP) is 0.902. The van der Waals surface area contributed by atoms with E-state index in [1.165, 1.54) is 0 Å². The number of hydrogen-bond acceptors (Lipinski definition) is 3. The van der Waals surface area contributed by atoms with Crippen LogP contribution in [0.4, 0.5) is 8.78 Å². The molecule has 1 amide bonds. The summed E-state index contributed by atoms with van der Waals surface area (Å²) in [5.74, 6) is -0.215. The number of carbonyl (C=O) groups is 1. The fraction of sp³-hybridized carbons (Fsp3) is 0.900. The van der Waals surface area contributed by atoms with E-state index in [1.807, 2.05) is 13.8 Å². The Morgan fingerprint density at radius 3 is 2.62 bits per heavy atom. The first kappa shape index (κ1) is 15.2. The summed E-state index contributed by atoms with van der Waals surface area (Å²) in [6, 6.07) is 0. The average Bonchev–Trinajstić information content (AvgIpc) is 2.11. The quantitative estimate of drug-likeness (QED) is 0.617. The van der Waals surface area contributed by atoms with E-state index in [-0.39, 0.29) is 24.5 Å². The molecule has 0 heterocycles. The predicted molar refractivity (Wildman–Crippen MR) is 57.3 cm³/mol. The highest BCUT2D eigenvalue weighted by Gasteiger charge is 2.18. The molecule has 0 saturated carbocycles. The van der Waals surface area contributed by atoms with Crippen LogP contribution >= 0.6 is 0 Å². The number of hydrogen-bond donors (Lipinski definition) is 2. The molecule has 4 nitrogen and oxygen atoms in total. The summed E-state index contributed by atoms with van der Waals surface area (Å²) in [6.45, 7) is 3.58. The van der Waals surface area contributed by atoms with E-state index in [1.54, 1.807) is 0 Å². The third kappa shape index (κ3) is 8.55. The molecule has 0 spiro atoms. The maximum atomic E-state index is 11.7. The molecule has 0 fully saturated rings. The standard InChI is InChI=1S/C10H20F2N2O2/c1-10(2,4-5-13)14-9(15)3-6-16-7-8(11)12/h8H,3-7,13H2,1-2H3,(H,14,15). The van der Waals surface area contributed by atoms with Crippen LogP contribution < -0.4 is 11.1 Å². The summed E-state index contributed by atoms with van der Waals surface area (Å²) in [7, 11) is 0. The van der Waals surface area contributed by atoms with E-state index >= 15 is 0 Å². The molecule has 0 aliphatic rings. The minimum atomic E-state index is -2.49. The Bertz CT molecular complexity index is 211. The molecule has 0 aliphatic heterocycles. The van der Waals surface area contributed by atoms with Gasteiger partial charge in [0, 0.05) is 12.0 Å². The van der Waals surface area contributed by atoms with Crippen molar-refractivity contribution in [3.8, 4) is 0 Å². The van der Waals surface area contributed by atoms with E-state index in [0.29, 0.717) is 13.0 Å². The van der Waals surface area contributed by atoms with Gasteiger partial charge in [-0.2, -0.15) is 0 Å². The summed E-state index contributed by atoms with van der Waals surface area (Å²) in [6.07, 6.45) is -1.74. The van der Waals surface area contributed by atoms with E-state index in [4.69, 9.17) is 5.73 Å². The number of nitrogens with one attached hydrogen (secondary N) is 1. The summed E-state index contributed by atoms with van der Waals surface area (Å²) < 4.78 is 28.0. The van der Waals surface area contributed by atoms with Gasteiger partial charge in [0.05, 0.1) is 6.61 Å². The zero-order valence-electron chi connectivity index (χ0n) is 9.76. The van der Waals surface area contributed by atoms with Crippen LogP contribution in [0, 0.1) is 0 Å². The highest BCUT2D eigenvalue weighted by Crippen LogP contribution is 2.06. The number of rotatable bonds is 8. The zero-order valence-corrected chi connectivity index (χ0v) is 9.76. The number of ether oxygens (including phenoxy) is 1. The third-order valence-electron chi connectivity index (χ3n) is 1.96. The second-order valence-corrected chi connectivity index (χ2v) is 4.19. The van der Waals surface area contributed by atoms with Gasteiger partial charge in [-0.15, -0.1) is 0 Å². The SMILES string of the molecule is CC(C)(CCN)NC(=O)CCOCC(F)F. The zero-order chi connectivity index (χ0) is 12.6. The lowest BCUT2D eigenvalue weighted by Crippen LogP contribution is -2.45. The Balaban J connectivity index is 3.66. The molecule has 0 rings (SSSR count). The molecule has 0 aromatic carbocycles. The van der Waals surface area contributed by atoms with Crippen LogP contribution in [0.2, 0.25) is 0 Å². The van der Waals surface area contributed by atoms with E-state index in [0.717, 1.165) is 0 Å². The Labute approximate surface area is 94.5 Å². The molecule has 0 aliphatic carbocycles. The highest BCUT2D eigenvalue weighted by atomic mass is 19.3. The van der Waals surface area contributed by atoms with Crippen LogP contribution in [0.15, 0.2) is 0 Å². The van der Waals surface area contributed by atoms with Gasteiger partial charge in [-0.05, 0) is 26.8 Å². The van der Waals surface area contributed by atoms with Crippen molar-refractivity contribution in [3.05, 3.63) is 0 Å². The molecule has 3 N–H and O–H groups in total. The van der Waals surface area contributed by atoms with Crippen LogP contribution in [-0.2, 0) is 9.53 Å². The fourth-order valence-corrected chi connectivity index (χ4v) is 1.20.